The van der Waals surface area contributed by atoms with E-state index in [9.17, 15) is 0 Å². The molecular weight excluding hydrogens is 206 g/mol. The van der Waals surface area contributed by atoms with Gasteiger partial charge < -0.3 is 5.73 Å². The van der Waals surface area contributed by atoms with E-state index in [4.69, 9.17) is 17.3 Å². The van der Waals surface area contributed by atoms with Crippen LogP contribution in [-0.2, 0) is 6.42 Å². The normalized spacial score (nSPS) is 12.3. The average Bonchev–Trinajstić information content (AvgIpc) is 2.57. The van der Waals surface area contributed by atoms with E-state index in [1.807, 2.05) is 24.3 Å². The molecule has 2 aromatic carbocycles. The molecular formula is C13H10ClN. The Morgan fingerprint density at radius 1 is 1.07 bits per heavy atom. The van der Waals surface area contributed by atoms with Crippen LogP contribution in [-0.4, -0.2) is 0 Å². The predicted molar refractivity (Wildman–Crippen MR) is 64.1 cm³/mol. The number of benzene rings is 2. The summed E-state index contributed by atoms with van der Waals surface area (Å²) in [5.74, 6) is 0. The molecule has 2 N–H and O–H groups in total. The Morgan fingerprint density at radius 2 is 1.93 bits per heavy atom. The molecule has 1 nitrogen and oxygen atoms in total. The number of anilines is 1. The maximum atomic E-state index is 6.17. The number of nitrogen functional groups attached to an aromatic ring is 1. The number of hydrogen-bond acceptors (Lipinski definition) is 1. The standard InChI is InChI=1S/C13H10ClN/c14-13-3-1-2-11-10-5-4-9(15)6-8(10)7-12(11)13/h1-6H,7,15H2. The van der Waals surface area contributed by atoms with E-state index >= 15 is 0 Å². The lowest BCUT2D eigenvalue weighted by atomic mass is 10.1. The lowest BCUT2D eigenvalue weighted by molar-refractivity contribution is 1.26. The second-order valence-corrected chi connectivity index (χ2v) is 4.27. The van der Waals surface area contributed by atoms with Gasteiger partial charge in [-0.3, -0.25) is 0 Å². The lowest BCUT2D eigenvalue weighted by Crippen LogP contribution is -1.86. The van der Waals surface area contributed by atoms with Gasteiger partial charge in [-0.25, -0.2) is 0 Å². The molecule has 3 rings (SSSR count). The van der Waals surface area contributed by atoms with Crippen LogP contribution in [0.4, 0.5) is 5.69 Å². The summed E-state index contributed by atoms with van der Waals surface area (Å²) in [4.78, 5) is 0. The molecule has 0 saturated heterocycles. The van der Waals surface area contributed by atoms with Crippen LogP contribution in [0.3, 0.4) is 0 Å². The monoisotopic (exact) mass is 215 g/mol. The van der Waals surface area contributed by atoms with E-state index in [-0.39, 0.29) is 0 Å². The predicted octanol–water partition coefficient (Wildman–Crippen LogP) is 3.49. The molecule has 0 spiro atoms. The van der Waals surface area contributed by atoms with Crippen LogP contribution in [0.25, 0.3) is 11.1 Å². The van der Waals surface area contributed by atoms with Crippen molar-refractivity contribution in [2.75, 3.05) is 5.73 Å². The van der Waals surface area contributed by atoms with Gasteiger partial charge in [0.2, 0.25) is 0 Å². The Morgan fingerprint density at radius 3 is 2.80 bits per heavy atom. The second kappa shape index (κ2) is 3.01. The van der Waals surface area contributed by atoms with Crippen molar-refractivity contribution < 1.29 is 0 Å². The number of halogens is 1. The number of fused-ring (bicyclic) bond motifs is 3. The number of rotatable bonds is 0. The SMILES string of the molecule is Nc1ccc2c(c1)Cc1c(Cl)cccc1-2. The summed E-state index contributed by atoms with van der Waals surface area (Å²) >= 11 is 6.17. The molecule has 0 aromatic heterocycles. The van der Waals surface area contributed by atoms with Crippen molar-refractivity contribution in [2.24, 2.45) is 0 Å². The van der Waals surface area contributed by atoms with Crippen molar-refractivity contribution >= 4 is 17.3 Å². The zero-order valence-electron chi connectivity index (χ0n) is 8.13. The highest BCUT2D eigenvalue weighted by atomic mass is 35.5. The highest BCUT2D eigenvalue weighted by molar-refractivity contribution is 6.32. The molecule has 0 bridgehead atoms. The number of hydrogen-bond donors (Lipinski definition) is 1. The summed E-state index contributed by atoms with van der Waals surface area (Å²) in [5, 5.41) is 0.849. The third kappa shape index (κ3) is 1.24. The molecule has 0 fully saturated rings. The molecule has 1 aliphatic rings. The van der Waals surface area contributed by atoms with Gasteiger partial charge in [0.25, 0.3) is 0 Å². The van der Waals surface area contributed by atoms with Gasteiger partial charge >= 0.3 is 0 Å². The topological polar surface area (TPSA) is 26.0 Å². The van der Waals surface area contributed by atoms with Crippen LogP contribution in [0.15, 0.2) is 36.4 Å². The molecule has 15 heavy (non-hydrogen) atoms. The molecule has 0 unspecified atom stereocenters. The van der Waals surface area contributed by atoms with Crippen molar-refractivity contribution in [2.45, 2.75) is 6.42 Å². The van der Waals surface area contributed by atoms with Crippen molar-refractivity contribution in [3.8, 4) is 11.1 Å². The molecule has 74 valence electrons. The summed E-state index contributed by atoms with van der Waals surface area (Å²) < 4.78 is 0. The van der Waals surface area contributed by atoms with Gasteiger partial charge in [-0.2, -0.15) is 0 Å². The van der Waals surface area contributed by atoms with Gasteiger partial charge in [0.15, 0.2) is 0 Å². The quantitative estimate of drug-likeness (QED) is 0.571. The Balaban J connectivity index is 2.28. The fraction of sp³-hybridized carbons (Fsp3) is 0.0769. The number of nitrogens with two attached hydrogens (primary N) is 1. The molecule has 0 radical (unpaired) electrons. The summed E-state index contributed by atoms with van der Waals surface area (Å²) in [5.41, 5.74) is 11.6. The third-order valence-electron chi connectivity index (χ3n) is 2.91. The van der Waals surface area contributed by atoms with Crippen LogP contribution < -0.4 is 5.73 Å². The summed E-state index contributed by atoms with van der Waals surface area (Å²) in [6.07, 6.45) is 0.898. The first-order chi connectivity index (χ1) is 7.25. The van der Waals surface area contributed by atoms with E-state index in [2.05, 4.69) is 12.1 Å². The Labute approximate surface area is 93.5 Å². The minimum absolute atomic E-state index is 0.817. The summed E-state index contributed by atoms with van der Waals surface area (Å²) in [6, 6.07) is 12.1. The molecule has 2 aromatic rings. The minimum Gasteiger partial charge on any atom is -0.399 e. The molecule has 1 aliphatic carbocycles. The average molecular weight is 216 g/mol. The van der Waals surface area contributed by atoms with Gasteiger partial charge in [0.1, 0.15) is 0 Å². The van der Waals surface area contributed by atoms with Crippen LogP contribution in [0.2, 0.25) is 5.02 Å². The zero-order valence-corrected chi connectivity index (χ0v) is 8.88. The first-order valence-electron chi connectivity index (χ1n) is 4.92. The lowest BCUT2D eigenvalue weighted by Gasteiger charge is -2.01. The Bertz CT molecular complexity index is 546. The molecule has 2 heteroatoms. The maximum absolute atomic E-state index is 6.17. The third-order valence-corrected chi connectivity index (χ3v) is 3.26. The van der Waals surface area contributed by atoms with Gasteiger partial charge in [-0.05, 0) is 40.5 Å². The van der Waals surface area contributed by atoms with E-state index in [0.29, 0.717) is 0 Å². The van der Waals surface area contributed by atoms with E-state index in [0.717, 1.165) is 17.1 Å². The summed E-state index contributed by atoms with van der Waals surface area (Å²) in [7, 11) is 0. The van der Waals surface area contributed by atoms with Crippen LogP contribution in [0, 0.1) is 0 Å². The molecule has 0 amide bonds. The Kier molecular flexibility index (Phi) is 1.77. The van der Waals surface area contributed by atoms with Crippen LogP contribution in [0.1, 0.15) is 11.1 Å². The fourth-order valence-electron chi connectivity index (χ4n) is 2.20. The maximum Gasteiger partial charge on any atom is 0.0447 e. The van der Waals surface area contributed by atoms with Crippen molar-refractivity contribution in [1.29, 1.82) is 0 Å². The van der Waals surface area contributed by atoms with Crippen molar-refractivity contribution in [3.63, 3.8) is 0 Å². The minimum atomic E-state index is 0.817. The van der Waals surface area contributed by atoms with Crippen molar-refractivity contribution in [3.05, 3.63) is 52.5 Å². The first-order valence-corrected chi connectivity index (χ1v) is 5.29. The van der Waals surface area contributed by atoms with E-state index in [1.54, 1.807) is 0 Å². The van der Waals surface area contributed by atoms with Gasteiger partial charge in [0.05, 0.1) is 0 Å². The second-order valence-electron chi connectivity index (χ2n) is 3.86. The zero-order chi connectivity index (χ0) is 10.4. The highest BCUT2D eigenvalue weighted by Crippen LogP contribution is 2.40. The van der Waals surface area contributed by atoms with Gasteiger partial charge in [-0.15, -0.1) is 0 Å². The van der Waals surface area contributed by atoms with Gasteiger partial charge in [0, 0.05) is 17.1 Å². The first kappa shape index (κ1) is 8.81. The molecule has 0 heterocycles. The highest BCUT2D eigenvalue weighted by Gasteiger charge is 2.19. The molecule has 0 atom stereocenters. The summed E-state index contributed by atoms with van der Waals surface area (Å²) in [6.45, 7) is 0. The fourth-order valence-corrected chi connectivity index (χ4v) is 2.45. The van der Waals surface area contributed by atoms with Crippen molar-refractivity contribution in [1.82, 2.24) is 0 Å². The smallest absolute Gasteiger partial charge is 0.0447 e. The Hall–Kier alpha value is -1.47. The van der Waals surface area contributed by atoms with Crippen LogP contribution >= 0.6 is 11.6 Å². The molecule has 0 saturated carbocycles. The van der Waals surface area contributed by atoms with Crippen LogP contribution in [0.5, 0.6) is 0 Å². The molecule has 0 aliphatic heterocycles. The van der Waals surface area contributed by atoms with E-state index in [1.165, 1.54) is 22.3 Å². The van der Waals surface area contributed by atoms with Gasteiger partial charge in [-0.1, -0.05) is 29.8 Å². The largest absolute Gasteiger partial charge is 0.399 e. The van der Waals surface area contributed by atoms with E-state index < -0.39 is 0 Å².